The highest BCUT2D eigenvalue weighted by Crippen LogP contribution is 2.44. The Labute approximate surface area is 254 Å². The Morgan fingerprint density at radius 2 is 1.70 bits per heavy atom. The Morgan fingerprint density at radius 1 is 1.05 bits per heavy atom. The minimum absolute atomic E-state index is 0.0210. The second-order valence-electron chi connectivity index (χ2n) is 11.8. The van der Waals surface area contributed by atoms with E-state index in [2.05, 4.69) is 5.32 Å². The fourth-order valence-corrected chi connectivity index (χ4v) is 6.01. The van der Waals surface area contributed by atoms with Gasteiger partial charge in [0.2, 0.25) is 11.8 Å². The molecule has 0 saturated carbocycles. The Morgan fingerprint density at radius 3 is 2.28 bits per heavy atom. The van der Waals surface area contributed by atoms with Crippen molar-refractivity contribution in [3.8, 4) is 0 Å². The summed E-state index contributed by atoms with van der Waals surface area (Å²) in [6.45, 7) is 7.46. The number of aliphatic hydroxyl groups excluding tert-OH is 1. The normalized spacial score (nSPS) is 18.0. The van der Waals surface area contributed by atoms with Gasteiger partial charge >= 0.3 is 0 Å². The molecule has 0 aliphatic heterocycles. The number of rotatable bonds is 15. The number of halogens is 2. The van der Waals surface area contributed by atoms with Gasteiger partial charge in [0.15, 0.2) is 0 Å². The average Bonchev–Trinajstić information content (AvgIpc) is 2.94. The lowest BCUT2D eigenvalue weighted by Crippen LogP contribution is -2.51. The first-order valence-corrected chi connectivity index (χ1v) is 15.0. The van der Waals surface area contributed by atoms with Crippen LogP contribution in [0.5, 0.6) is 0 Å². The summed E-state index contributed by atoms with van der Waals surface area (Å²) >= 11 is 0. The lowest BCUT2D eigenvalue weighted by Gasteiger charge is -2.42. The first-order chi connectivity index (χ1) is 20.4. The molecule has 0 fully saturated rings. The van der Waals surface area contributed by atoms with Gasteiger partial charge in [-0.25, -0.2) is 8.78 Å². The summed E-state index contributed by atoms with van der Waals surface area (Å²) in [4.78, 5) is 30.9. The molecule has 0 bridgehead atoms. The number of carbonyl (C=O) groups is 2. The molecule has 0 aromatic heterocycles. The van der Waals surface area contributed by atoms with Crippen molar-refractivity contribution in [2.24, 2.45) is 17.1 Å². The molecule has 234 valence electrons. The fraction of sp³-hybridized carbons (Fsp3) is 0.471. The minimum Gasteiger partial charge on any atom is -0.391 e. The molecule has 2 aromatic carbocycles. The van der Waals surface area contributed by atoms with E-state index in [1.807, 2.05) is 57.1 Å². The zero-order valence-electron chi connectivity index (χ0n) is 26.0. The Balaban J connectivity index is 1.97. The number of primary amides is 1. The van der Waals surface area contributed by atoms with Crippen LogP contribution in [0.2, 0.25) is 0 Å². The van der Waals surface area contributed by atoms with E-state index in [1.165, 1.54) is 12.1 Å². The van der Waals surface area contributed by atoms with Crippen LogP contribution in [0.4, 0.5) is 14.5 Å². The molecule has 1 unspecified atom stereocenters. The van der Waals surface area contributed by atoms with Gasteiger partial charge in [-0.15, -0.1) is 0 Å². The lowest BCUT2D eigenvalue weighted by atomic mass is 9.63. The van der Waals surface area contributed by atoms with Gasteiger partial charge in [-0.3, -0.25) is 9.59 Å². The van der Waals surface area contributed by atoms with E-state index in [4.69, 9.17) is 5.73 Å². The summed E-state index contributed by atoms with van der Waals surface area (Å²) in [6, 6.07) is 11.1. The number of hydrogen-bond donors (Lipinski definition) is 3. The van der Waals surface area contributed by atoms with E-state index >= 15 is 0 Å². The fourth-order valence-electron chi connectivity index (χ4n) is 6.01. The molecule has 0 heterocycles. The Kier molecular flexibility index (Phi) is 12.0. The van der Waals surface area contributed by atoms with E-state index < -0.39 is 35.0 Å². The van der Waals surface area contributed by atoms with Crippen molar-refractivity contribution in [2.45, 2.75) is 59.1 Å². The van der Waals surface area contributed by atoms with Crippen molar-refractivity contribution in [1.29, 1.82) is 0 Å². The third-order valence-electron chi connectivity index (χ3n) is 7.99. The molecular weight excluding hydrogens is 550 g/mol. The van der Waals surface area contributed by atoms with Crippen molar-refractivity contribution in [1.82, 2.24) is 10.2 Å². The van der Waals surface area contributed by atoms with Crippen LogP contribution in [0, 0.1) is 23.0 Å². The summed E-state index contributed by atoms with van der Waals surface area (Å²) in [6.07, 6.45) is 3.84. The molecule has 3 atom stereocenters. The summed E-state index contributed by atoms with van der Waals surface area (Å²) in [7, 11) is 3.91. The molecule has 1 aliphatic rings. The van der Waals surface area contributed by atoms with Gasteiger partial charge in [-0.1, -0.05) is 43.7 Å². The third kappa shape index (κ3) is 8.74. The molecule has 3 rings (SSSR count). The van der Waals surface area contributed by atoms with Crippen LogP contribution in [-0.4, -0.2) is 61.7 Å². The average molecular weight is 597 g/mol. The molecule has 7 nitrogen and oxygen atoms in total. The quantitative estimate of drug-likeness (QED) is 0.276. The highest BCUT2D eigenvalue weighted by Gasteiger charge is 2.48. The number of carbonyl (C=O) groups excluding carboxylic acids is 2. The van der Waals surface area contributed by atoms with Crippen LogP contribution < -0.4 is 16.0 Å². The topological polar surface area (TPSA) is 98.9 Å². The van der Waals surface area contributed by atoms with Crippen molar-refractivity contribution in [2.75, 3.05) is 38.6 Å². The van der Waals surface area contributed by atoms with Crippen LogP contribution in [0.1, 0.15) is 51.2 Å². The maximum Gasteiger partial charge on any atom is 0.249 e. The standard InChI is InChI=1S/C34H46F2N4O3/c1-6-11-40(12-7-2)32(42)26-13-23(3)19-34(20-26,33(37)43)30(17-25-14-27(35)18-28(36)15-25)31(41)22-38-21-24-9-8-10-29(16-24)39(4)5/h8-10,13-16,18-19,30-31,38,41H,6-7,11-12,17,20-22H2,1-5H3,(H2,37,43)/t30-,31+,34?/m1/s1. The first kappa shape index (κ1) is 33.9. The molecule has 1 aliphatic carbocycles. The monoisotopic (exact) mass is 596 g/mol. The van der Waals surface area contributed by atoms with Gasteiger partial charge in [-0.2, -0.15) is 0 Å². The van der Waals surface area contributed by atoms with Crippen molar-refractivity contribution < 1.29 is 23.5 Å². The lowest BCUT2D eigenvalue weighted by molar-refractivity contribution is -0.132. The first-order valence-electron chi connectivity index (χ1n) is 15.0. The second kappa shape index (κ2) is 15.3. The van der Waals surface area contributed by atoms with Gasteiger partial charge < -0.3 is 26.0 Å². The van der Waals surface area contributed by atoms with Gasteiger partial charge in [-0.05, 0) is 68.0 Å². The molecule has 2 aromatic rings. The summed E-state index contributed by atoms with van der Waals surface area (Å²) in [5, 5.41) is 14.9. The SMILES string of the molecule is CCCN(CCC)C(=O)C1=CC(C)=CC(C(N)=O)([C@H](Cc2cc(F)cc(F)c2)[C@@H](O)CNCc2cccc(N(C)C)c2)C1. The highest BCUT2D eigenvalue weighted by atomic mass is 19.1. The number of nitrogens with two attached hydrogens (primary N) is 1. The predicted octanol–water partition coefficient (Wildman–Crippen LogP) is 4.74. The molecule has 0 saturated heterocycles. The Bertz CT molecular complexity index is 1320. The number of nitrogens with zero attached hydrogens (tertiary/aromatic N) is 2. The van der Waals surface area contributed by atoms with E-state index in [0.717, 1.165) is 30.2 Å². The molecule has 4 N–H and O–H groups in total. The number of aliphatic hydroxyl groups is 1. The highest BCUT2D eigenvalue weighted by molar-refractivity contribution is 5.97. The number of amides is 2. The van der Waals surface area contributed by atoms with Crippen LogP contribution in [0.25, 0.3) is 0 Å². The number of anilines is 1. The third-order valence-corrected chi connectivity index (χ3v) is 7.99. The van der Waals surface area contributed by atoms with Crippen molar-refractivity contribution >= 4 is 17.5 Å². The number of hydrogen-bond acceptors (Lipinski definition) is 5. The molecule has 2 amide bonds. The maximum atomic E-state index is 14.2. The summed E-state index contributed by atoms with van der Waals surface area (Å²) in [5.41, 5.74) is 8.06. The van der Waals surface area contributed by atoms with Crippen LogP contribution >= 0.6 is 0 Å². The van der Waals surface area contributed by atoms with Crippen molar-refractivity contribution in [3.63, 3.8) is 0 Å². The number of allylic oxidation sites excluding steroid dienone is 2. The van der Waals surface area contributed by atoms with Gasteiger partial charge in [0, 0.05) is 63.5 Å². The number of nitrogens with one attached hydrogen (secondary N) is 1. The zero-order valence-corrected chi connectivity index (χ0v) is 26.0. The van der Waals surface area contributed by atoms with Crippen LogP contribution in [-0.2, 0) is 22.6 Å². The van der Waals surface area contributed by atoms with Gasteiger partial charge in [0.05, 0.1) is 11.5 Å². The van der Waals surface area contributed by atoms with Crippen molar-refractivity contribution in [3.05, 3.63) is 88.5 Å². The van der Waals surface area contributed by atoms with Gasteiger partial charge in [0.1, 0.15) is 11.6 Å². The molecule has 0 spiro atoms. The largest absolute Gasteiger partial charge is 0.391 e. The zero-order chi connectivity index (χ0) is 31.7. The van der Waals surface area contributed by atoms with Gasteiger partial charge in [0.25, 0.3) is 0 Å². The molecule has 0 radical (unpaired) electrons. The van der Waals surface area contributed by atoms with Crippen LogP contribution in [0.3, 0.4) is 0 Å². The summed E-state index contributed by atoms with van der Waals surface area (Å²) < 4.78 is 28.5. The van der Waals surface area contributed by atoms with Crippen LogP contribution in [0.15, 0.2) is 65.8 Å². The second-order valence-corrected chi connectivity index (χ2v) is 11.8. The predicted molar refractivity (Wildman–Crippen MR) is 167 cm³/mol. The number of benzene rings is 2. The Hall–Kier alpha value is -3.56. The van der Waals surface area contributed by atoms with E-state index in [0.29, 0.717) is 30.8 Å². The molecule has 43 heavy (non-hydrogen) atoms. The maximum absolute atomic E-state index is 14.2. The molecule has 9 heteroatoms. The molecular formula is C34H46F2N4O3. The summed E-state index contributed by atoms with van der Waals surface area (Å²) in [5.74, 6) is -3.27. The minimum atomic E-state index is -1.47. The van der Waals surface area contributed by atoms with E-state index in [1.54, 1.807) is 24.0 Å². The van der Waals surface area contributed by atoms with E-state index in [-0.39, 0.29) is 30.9 Å². The smallest absolute Gasteiger partial charge is 0.249 e. The van der Waals surface area contributed by atoms with E-state index in [9.17, 15) is 23.5 Å².